The predicted octanol–water partition coefficient (Wildman–Crippen LogP) is 2.02. The monoisotopic (exact) mass is 289 g/mol. The van der Waals surface area contributed by atoms with E-state index in [0.717, 1.165) is 23.3 Å². The molecular formula is C17H23NO3. The number of hydrogen-bond donors (Lipinski definition) is 1. The maximum atomic E-state index is 12.2. The van der Waals surface area contributed by atoms with E-state index in [2.05, 4.69) is 19.9 Å². The van der Waals surface area contributed by atoms with E-state index in [1.165, 1.54) is 5.57 Å². The molecule has 1 amide bonds. The number of amides is 1. The lowest BCUT2D eigenvalue weighted by Crippen LogP contribution is -2.47. The van der Waals surface area contributed by atoms with Gasteiger partial charge in [-0.3, -0.25) is 4.79 Å². The molecule has 1 heterocycles. The number of allylic oxidation sites excluding steroid dienone is 3. The van der Waals surface area contributed by atoms with E-state index >= 15 is 0 Å². The van der Waals surface area contributed by atoms with Gasteiger partial charge in [-0.25, -0.2) is 0 Å². The van der Waals surface area contributed by atoms with Gasteiger partial charge < -0.3 is 14.7 Å². The molecule has 0 aromatic heterocycles. The number of methoxy groups -OCH3 is 1. The molecule has 3 rings (SSSR count). The molecule has 2 aliphatic carbocycles. The van der Waals surface area contributed by atoms with E-state index in [1.54, 1.807) is 12.0 Å². The van der Waals surface area contributed by atoms with Crippen molar-refractivity contribution in [1.82, 2.24) is 4.90 Å². The molecular weight excluding hydrogens is 266 g/mol. The Morgan fingerprint density at radius 3 is 2.76 bits per heavy atom. The zero-order chi connectivity index (χ0) is 15.5. The molecule has 0 radical (unpaired) electrons. The summed E-state index contributed by atoms with van der Waals surface area (Å²) in [5, 5.41) is 10.5. The number of aliphatic hydroxyl groups excluding tert-OH is 1. The third-order valence-electron chi connectivity index (χ3n) is 5.71. The van der Waals surface area contributed by atoms with Crippen LogP contribution in [-0.4, -0.2) is 42.3 Å². The first-order valence-electron chi connectivity index (χ1n) is 7.44. The summed E-state index contributed by atoms with van der Waals surface area (Å²) in [6.45, 7) is 6.14. The summed E-state index contributed by atoms with van der Waals surface area (Å²) < 4.78 is 5.40. The average molecular weight is 289 g/mol. The first-order chi connectivity index (χ1) is 9.81. The molecule has 0 bridgehead atoms. The summed E-state index contributed by atoms with van der Waals surface area (Å²) in [5.41, 5.74) is 3.97. The Morgan fingerprint density at radius 2 is 2.14 bits per heavy atom. The molecule has 21 heavy (non-hydrogen) atoms. The number of aliphatic hydroxyl groups is 1. The number of likely N-dealkylation sites (N-methyl/N-ethyl adjacent to an activating group) is 1. The molecule has 4 heteroatoms. The van der Waals surface area contributed by atoms with Gasteiger partial charge in [-0.2, -0.15) is 0 Å². The van der Waals surface area contributed by atoms with Gasteiger partial charge in [0, 0.05) is 30.8 Å². The molecule has 1 aliphatic heterocycles. The van der Waals surface area contributed by atoms with Crippen LogP contribution in [0, 0.1) is 11.3 Å². The smallest absolute Gasteiger partial charge is 0.254 e. The van der Waals surface area contributed by atoms with Crippen LogP contribution in [0.3, 0.4) is 0 Å². The Bertz CT molecular complexity index is 601. The summed E-state index contributed by atoms with van der Waals surface area (Å²) in [6.07, 6.45) is 4.10. The second-order valence-electron chi connectivity index (χ2n) is 6.69. The Balaban J connectivity index is 2.16. The molecule has 0 unspecified atom stereocenters. The first-order valence-corrected chi connectivity index (χ1v) is 7.44. The van der Waals surface area contributed by atoms with Crippen LogP contribution in [0.5, 0.6) is 0 Å². The van der Waals surface area contributed by atoms with Crippen LogP contribution in [0.25, 0.3) is 0 Å². The summed E-state index contributed by atoms with van der Waals surface area (Å²) in [7, 11) is 3.44. The largest absolute Gasteiger partial charge is 0.390 e. The molecule has 0 fully saturated rings. The van der Waals surface area contributed by atoms with E-state index in [4.69, 9.17) is 4.74 Å². The molecule has 114 valence electrons. The van der Waals surface area contributed by atoms with E-state index in [0.29, 0.717) is 0 Å². The fraction of sp³-hybridized carbons (Fsp3) is 0.588. The highest BCUT2D eigenvalue weighted by Gasteiger charge is 2.49. The van der Waals surface area contributed by atoms with Crippen LogP contribution < -0.4 is 0 Å². The lowest BCUT2D eigenvalue weighted by atomic mass is 9.60. The lowest BCUT2D eigenvalue weighted by molar-refractivity contribution is -0.123. The van der Waals surface area contributed by atoms with Crippen molar-refractivity contribution in [2.75, 3.05) is 14.2 Å². The van der Waals surface area contributed by atoms with E-state index < -0.39 is 6.10 Å². The highest BCUT2D eigenvalue weighted by Crippen LogP contribution is 2.53. The van der Waals surface area contributed by atoms with Gasteiger partial charge >= 0.3 is 0 Å². The minimum Gasteiger partial charge on any atom is -0.390 e. The summed E-state index contributed by atoms with van der Waals surface area (Å²) in [4.78, 5) is 13.9. The van der Waals surface area contributed by atoms with E-state index in [-0.39, 0.29) is 23.3 Å². The van der Waals surface area contributed by atoms with E-state index in [1.807, 2.05) is 20.0 Å². The van der Waals surface area contributed by atoms with Crippen LogP contribution in [0.4, 0.5) is 0 Å². The van der Waals surface area contributed by atoms with Crippen molar-refractivity contribution in [3.63, 3.8) is 0 Å². The molecule has 0 saturated carbocycles. The molecule has 1 N–H and O–H groups in total. The zero-order valence-corrected chi connectivity index (χ0v) is 13.3. The van der Waals surface area contributed by atoms with Crippen LogP contribution in [0.15, 0.2) is 34.6 Å². The third kappa shape index (κ3) is 1.79. The topological polar surface area (TPSA) is 49.8 Å². The van der Waals surface area contributed by atoms with Gasteiger partial charge in [0.25, 0.3) is 5.91 Å². The summed E-state index contributed by atoms with van der Waals surface area (Å²) >= 11 is 0. The van der Waals surface area contributed by atoms with Crippen molar-refractivity contribution in [3.8, 4) is 0 Å². The average Bonchev–Trinajstić information content (AvgIpc) is 2.67. The normalized spacial score (nSPS) is 39.0. The number of hydrogen-bond acceptors (Lipinski definition) is 3. The van der Waals surface area contributed by atoms with Gasteiger partial charge in [0.1, 0.15) is 6.10 Å². The van der Waals surface area contributed by atoms with Crippen molar-refractivity contribution < 1.29 is 14.6 Å². The SMILES string of the molecule is CO[C@@H]1C=C2C=C3C(=C(C)C(=O)N3C)C[C@]2(C)[C@@H](C)[C@H]1O. The molecule has 0 aromatic rings. The van der Waals surface area contributed by atoms with Crippen molar-refractivity contribution in [2.45, 2.75) is 39.4 Å². The highest BCUT2D eigenvalue weighted by molar-refractivity contribution is 6.00. The van der Waals surface area contributed by atoms with E-state index in [9.17, 15) is 9.90 Å². The Hall–Kier alpha value is -1.39. The molecule has 4 nitrogen and oxygen atoms in total. The minimum absolute atomic E-state index is 0.0709. The number of carbonyl (C=O) groups is 1. The Kier molecular flexibility index (Phi) is 3.15. The molecule has 4 atom stereocenters. The molecule has 0 aromatic carbocycles. The standard InChI is InChI=1S/C17H23NO3/c1-9-12-8-17(3)10(2)15(19)14(21-5)7-11(17)6-13(12)18(4)16(9)20/h6-7,10,14-15,19H,8H2,1-5H3/t10-,14+,15+,17+/m0/s1. The van der Waals surface area contributed by atoms with Crippen LogP contribution in [0.1, 0.15) is 27.2 Å². The fourth-order valence-corrected chi connectivity index (χ4v) is 3.88. The second kappa shape index (κ2) is 4.55. The van der Waals surface area contributed by atoms with Crippen LogP contribution in [-0.2, 0) is 9.53 Å². The Morgan fingerprint density at radius 1 is 1.48 bits per heavy atom. The fourth-order valence-electron chi connectivity index (χ4n) is 3.88. The lowest BCUT2D eigenvalue weighted by Gasteiger charge is -2.47. The van der Waals surface area contributed by atoms with Gasteiger partial charge in [0.15, 0.2) is 0 Å². The number of nitrogens with zero attached hydrogens (tertiary/aromatic N) is 1. The number of fused-ring (bicyclic) bond motifs is 2. The van der Waals surface area contributed by atoms with Crippen molar-refractivity contribution in [3.05, 3.63) is 34.6 Å². The van der Waals surface area contributed by atoms with Crippen molar-refractivity contribution in [2.24, 2.45) is 11.3 Å². The van der Waals surface area contributed by atoms with Gasteiger partial charge in [-0.1, -0.05) is 13.8 Å². The van der Waals surface area contributed by atoms with Crippen LogP contribution >= 0.6 is 0 Å². The summed E-state index contributed by atoms with van der Waals surface area (Å²) in [5.74, 6) is 0.150. The number of rotatable bonds is 1. The van der Waals surface area contributed by atoms with Crippen LogP contribution in [0.2, 0.25) is 0 Å². The van der Waals surface area contributed by atoms with Gasteiger partial charge in [0.05, 0.1) is 6.10 Å². The molecule has 0 saturated heterocycles. The van der Waals surface area contributed by atoms with Crippen molar-refractivity contribution >= 4 is 5.91 Å². The number of carbonyl (C=O) groups excluding carboxylic acids is 1. The van der Waals surface area contributed by atoms with Gasteiger partial charge in [-0.15, -0.1) is 0 Å². The molecule has 0 spiro atoms. The van der Waals surface area contributed by atoms with Crippen molar-refractivity contribution in [1.29, 1.82) is 0 Å². The number of ether oxygens (including phenoxy) is 1. The highest BCUT2D eigenvalue weighted by atomic mass is 16.5. The Labute approximate surface area is 125 Å². The second-order valence-corrected chi connectivity index (χ2v) is 6.69. The maximum Gasteiger partial charge on any atom is 0.254 e. The molecule has 3 aliphatic rings. The quantitative estimate of drug-likeness (QED) is 0.803. The zero-order valence-electron chi connectivity index (χ0n) is 13.3. The first kappa shape index (κ1) is 14.5. The maximum absolute atomic E-state index is 12.2. The summed E-state index contributed by atoms with van der Waals surface area (Å²) in [6, 6.07) is 0. The predicted molar refractivity (Wildman–Crippen MR) is 80.3 cm³/mol. The van der Waals surface area contributed by atoms with Gasteiger partial charge in [0.2, 0.25) is 0 Å². The minimum atomic E-state index is -0.519. The third-order valence-corrected chi connectivity index (χ3v) is 5.71. The van der Waals surface area contributed by atoms with Gasteiger partial charge in [-0.05, 0) is 42.6 Å².